The topological polar surface area (TPSA) is 36.4 Å². The van der Waals surface area contributed by atoms with Crippen LogP contribution in [0.4, 0.5) is 0 Å². The molecular formula is C15H21N3S. The Bertz CT molecular complexity index is 450. The molecule has 0 aliphatic heterocycles. The van der Waals surface area contributed by atoms with Crippen LogP contribution in [0.25, 0.3) is 0 Å². The van der Waals surface area contributed by atoms with Crippen molar-refractivity contribution in [1.82, 2.24) is 10.7 Å². The van der Waals surface area contributed by atoms with Crippen LogP contribution < -0.4 is 10.7 Å². The zero-order valence-corrected chi connectivity index (χ0v) is 12.2. The first-order valence-corrected chi connectivity index (χ1v) is 7.31. The van der Waals surface area contributed by atoms with Gasteiger partial charge in [-0.25, -0.2) is 0 Å². The van der Waals surface area contributed by atoms with Crippen LogP contribution in [0.3, 0.4) is 0 Å². The zero-order valence-electron chi connectivity index (χ0n) is 11.4. The van der Waals surface area contributed by atoms with E-state index < -0.39 is 0 Å². The number of hydrogen-bond donors (Lipinski definition) is 2. The maximum Gasteiger partial charge on any atom is 0.187 e. The van der Waals surface area contributed by atoms with E-state index in [2.05, 4.69) is 34.9 Å². The molecule has 102 valence electrons. The molecule has 0 unspecified atom stereocenters. The molecule has 4 heteroatoms. The fourth-order valence-corrected chi connectivity index (χ4v) is 2.60. The molecule has 0 saturated heterocycles. The summed E-state index contributed by atoms with van der Waals surface area (Å²) in [5, 5.41) is 8.11. The number of hydrogen-bond acceptors (Lipinski definition) is 2. The van der Waals surface area contributed by atoms with Gasteiger partial charge in [0.1, 0.15) is 0 Å². The summed E-state index contributed by atoms with van der Waals surface area (Å²) in [6.45, 7) is 2.07. The lowest BCUT2D eigenvalue weighted by atomic mass is 9.96. The van der Waals surface area contributed by atoms with Crippen LogP contribution >= 0.6 is 12.2 Å². The van der Waals surface area contributed by atoms with Crippen LogP contribution in [-0.4, -0.2) is 17.4 Å². The molecule has 2 N–H and O–H groups in total. The van der Waals surface area contributed by atoms with E-state index in [1.807, 2.05) is 12.1 Å². The van der Waals surface area contributed by atoms with Crippen molar-refractivity contribution in [2.75, 3.05) is 0 Å². The van der Waals surface area contributed by atoms with Gasteiger partial charge in [0.2, 0.25) is 0 Å². The number of nitrogens with one attached hydrogen (secondary N) is 2. The van der Waals surface area contributed by atoms with Gasteiger partial charge < -0.3 is 5.32 Å². The van der Waals surface area contributed by atoms with Gasteiger partial charge in [-0.2, -0.15) is 5.10 Å². The van der Waals surface area contributed by atoms with Crippen molar-refractivity contribution in [2.45, 2.75) is 45.1 Å². The standard InChI is InChI=1S/C15H21N3S/c1-12-6-5-7-13(10-12)11-16-18-15(19)17-14-8-3-2-4-9-14/h5-7,10-11,14H,2-4,8-9H2,1H3,(H2,17,18,19)/b16-11-. The Morgan fingerprint density at radius 3 is 2.84 bits per heavy atom. The second-order valence-electron chi connectivity index (χ2n) is 5.09. The minimum atomic E-state index is 0.517. The van der Waals surface area contributed by atoms with E-state index in [-0.39, 0.29) is 0 Å². The number of benzene rings is 1. The van der Waals surface area contributed by atoms with Gasteiger partial charge in [0.05, 0.1) is 6.21 Å². The molecule has 2 rings (SSSR count). The number of thiocarbonyl (C=S) groups is 1. The van der Waals surface area contributed by atoms with Crippen molar-refractivity contribution in [3.05, 3.63) is 35.4 Å². The third-order valence-corrected chi connectivity index (χ3v) is 3.57. The molecule has 1 aromatic carbocycles. The predicted octanol–water partition coefficient (Wildman–Crippen LogP) is 3.13. The summed E-state index contributed by atoms with van der Waals surface area (Å²) in [5.41, 5.74) is 5.19. The molecule has 1 aliphatic rings. The van der Waals surface area contributed by atoms with E-state index in [0.29, 0.717) is 11.2 Å². The van der Waals surface area contributed by atoms with Gasteiger partial charge >= 0.3 is 0 Å². The fourth-order valence-electron chi connectivity index (χ4n) is 2.38. The van der Waals surface area contributed by atoms with E-state index in [9.17, 15) is 0 Å². The van der Waals surface area contributed by atoms with Crippen LogP contribution in [0.5, 0.6) is 0 Å². The summed E-state index contributed by atoms with van der Waals surface area (Å²) in [4.78, 5) is 0. The van der Waals surface area contributed by atoms with E-state index in [0.717, 1.165) is 5.56 Å². The van der Waals surface area contributed by atoms with Gasteiger partial charge in [-0.15, -0.1) is 0 Å². The van der Waals surface area contributed by atoms with Gasteiger partial charge in [-0.05, 0) is 37.5 Å². The lowest BCUT2D eigenvalue weighted by Gasteiger charge is -2.23. The molecule has 19 heavy (non-hydrogen) atoms. The molecular weight excluding hydrogens is 254 g/mol. The van der Waals surface area contributed by atoms with E-state index in [4.69, 9.17) is 12.2 Å². The highest BCUT2D eigenvalue weighted by Crippen LogP contribution is 2.17. The van der Waals surface area contributed by atoms with Crippen molar-refractivity contribution < 1.29 is 0 Å². The molecule has 0 radical (unpaired) electrons. The summed E-state index contributed by atoms with van der Waals surface area (Å²) in [6, 6.07) is 8.72. The summed E-state index contributed by atoms with van der Waals surface area (Å²) < 4.78 is 0. The van der Waals surface area contributed by atoms with Gasteiger partial charge in [0, 0.05) is 6.04 Å². The number of hydrazone groups is 1. The van der Waals surface area contributed by atoms with Crippen LogP contribution in [0.2, 0.25) is 0 Å². The summed E-state index contributed by atoms with van der Waals surface area (Å²) >= 11 is 5.24. The lowest BCUT2D eigenvalue weighted by Crippen LogP contribution is -2.40. The molecule has 0 amide bonds. The third-order valence-electron chi connectivity index (χ3n) is 3.36. The Labute approximate surface area is 120 Å². The number of rotatable bonds is 3. The molecule has 1 fully saturated rings. The van der Waals surface area contributed by atoms with Gasteiger partial charge in [0.25, 0.3) is 0 Å². The van der Waals surface area contributed by atoms with Crippen LogP contribution in [0.1, 0.15) is 43.2 Å². The second-order valence-corrected chi connectivity index (χ2v) is 5.50. The monoisotopic (exact) mass is 275 g/mol. The molecule has 1 aliphatic carbocycles. The molecule has 1 saturated carbocycles. The first-order chi connectivity index (χ1) is 9.24. The van der Waals surface area contributed by atoms with Gasteiger partial charge in [0.15, 0.2) is 5.11 Å². The SMILES string of the molecule is Cc1cccc(/C=N\NC(=S)NC2CCCCC2)c1. The minimum absolute atomic E-state index is 0.517. The maximum atomic E-state index is 5.24. The Morgan fingerprint density at radius 2 is 2.11 bits per heavy atom. The molecule has 0 spiro atoms. The third kappa shape index (κ3) is 4.99. The molecule has 0 bridgehead atoms. The van der Waals surface area contributed by atoms with Crippen LogP contribution in [-0.2, 0) is 0 Å². The highest BCUT2D eigenvalue weighted by Gasteiger charge is 2.13. The highest BCUT2D eigenvalue weighted by molar-refractivity contribution is 7.80. The first kappa shape index (κ1) is 14.0. The maximum absolute atomic E-state index is 5.24. The van der Waals surface area contributed by atoms with Crippen LogP contribution in [0.15, 0.2) is 29.4 Å². The Morgan fingerprint density at radius 1 is 1.32 bits per heavy atom. The Kier molecular flexibility index (Phi) is 5.33. The zero-order chi connectivity index (χ0) is 13.5. The quantitative estimate of drug-likeness (QED) is 0.505. The smallest absolute Gasteiger partial charge is 0.187 e. The average molecular weight is 275 g/mol. The second kappa shape index (κ2) is 7.24. The normalized spacial score (nSPS) is 16.5. The van der Waals surface area contributed by atoms with Gasteiger partial charge in [-0.3, -0.25) is 5.43 Å². The van der Waals surface area contributed by atoms with E-state index >= 15 is 0 Å². The largest absolute Gasteiger partial charge is 0.359 e. The van der Waals surface area contributed by atoms with Crippen molar-refractivity contribution in [3.63, 3.8) is 0 Å². The highest BCUT2D eigenvalue weighted by atomic mass is 32.1. The summed E-state index contributed by atoms with van der Waals surface area (Å²) in [6.07, 6.45) is 8.16. The number of aryl methyl sites for hydroxylation is 1. The summed E-state index contributed by atoms with van der Waals surface area (Å²) in [5.74, 6) is 0. The van der Waals surface area contributed by atoms with E-state index in [1.165, 1.54) is 37.7 Å². The Balaban J connectivity index is 1.76. The molecule has 3 nitrogen and oxygen atoms in total. The summed E-state index contributed by atoms with van der Waals surface area (Å²) in [7, 11) is 0. The molecule has 0 atom stereocenters. The lowest BCUT2D eigenvalue weighted by molar-refractivity contribution is 0.412. The molecule has 0 heterocycles. The Hall–Kier alpha value is -1.42. The van der Waals surface area contributed by atoms with Crippen molar-refractivity contribution in [2.24, 2.45) is 5.10 Å². The van der Waals surface area contributed by atoms with Gasteiger partial charge in [-0.1, -0.05) is 49.1 Å². The van der Waals surface area contributed by atoms with E-state index in [1.54, 1.807) is 6.21 Å². The van der Waals surface area contributed by atoms with Crippen molar-refractivity contribution >= 4 is 23.5 Å². The number of nitrogens with zero attached hydrogens (tertiary/aromatic N) is 1. The van der Waals surface area contributed by atoms with Crippen LogP contribution in [0, 0.1) is 6.92 Å². The fraction of sp³-hybridized carbons (Fsp3) is 0.467. The minimum Gasteiger partial charge on any atom is -0.359 e. The molecule has 0 aromatic heterocycles. The van der Waals surface area contributed by atoms with Crippen molar-refractivity contribution in [1.29, 1.82) is 0 Å². The first-order valence-electron chi connectivity index (χ1n) is 6.90. The molecule has 1 aromatic rings. The predicted molar refractivity (Wildman–Crippen MR) is 84.5 cm³/mol. The average Bonchev–Trinajstić information content (AvgIpc) is 2.40. The van der Waals surface area contributed by atoms with Crippen molar-refractivity contribution in [3.8, 4) is 0 Å².